The van der Waals surface area contributed by atoms with Gasteiger partial charge in [0.1, 0.15) is 0 Å². The molecule has 16 heavy (non-hydrogen) atoms. The van der Waals surface area contributed by atoms with Crippen molar-refractivity contribution < 1.29 is 9.90 Å². The molecule has 1 fully saturated rings. The first-order valence-corrected chi connectivity index (χ1v) is 6.67. The monoisotopic (exact) mass is 239 g/mol. The number of carbonyl (C=O) groups is 1. The molecule has 1 amide bonds. The van der Waals surface area contributed by atoms with Gasteiger partial charge in [0.15, 0.2) is 6.10 Å². The first-order chi connectivity index (χ1) is 7.77. The van der Waals surface area contributed by atoms with E-state index in [0.29, 0.717) is 4.88 Å². The van der Waals surface area contributed by atoms with Crippen molar-refractivity contribution in [2.45, 2.75) is 44.2 Å². The van der Waals surface area contributed by atoms with E-state index in [1.165, 1.54) is 30.6 Å². The summed E-state index contributed by atoms with van der Waals surface area (Å²) in [6.45, 7) is 0. The van der Waals surface area contributed by atoms with Crippen LogP contribution < -0.4 is 5.32 Å². The van der Waals surface area contributed by atoms with Gasteiger partial charge in [0.2, 0.25) is 0 Å². The van der Waals surface area contributed by atoms with E-state index in [2.05, 4.69) is 5.32 Å². The van der Waals surface area contributed by atoms with Gasteiger partial charge in [0, 0.05) is 10.9 Å². The van der Waals surface area contributed by atoms with Gasteiger partial charge in [-0.2, -0.15) is 0 Å². The Morgan fingerprint density at radius 3 is 2.81 bits per heavy atom. The molecule has 1 aromatic rings. The van der Waals surface area contributed by atoms with Crippen LogP contribution in [0.25, 0.3) is 0 Å². The second-order valence-corrected chi connectivity index (χ2v) is 5.24. The maximum Gasteiger partial charge on any atom is 0.254 e. The lowest BCUT2D eigenvalue weighted by Crippen LogP contribution is -2.38. The van der Waals surface area contributed by atoms with E-state index in [1.54, 1.807) is 6.07 Å². The van der Waals surface area contributed by atoms with Crippen LogP contribution in [-0.2, 0) is 4.79 Å². The molecule has 1 aliphatic carbocycles. The van der Waals surface area contributed by atoms with Crippen molar-refractivity contribution in [3.8, 4) is 0 Å². The maximum atomic E-state index is 11.8. The zero-order valence-corrected chi connectivity index (χ0v) is 10.0. The van der Waals surface area contributed by atoms with Gasteiger partial charge >= 0.3 is 0 Å². The predicted molar refractivity (Wildman–Crippen MR) is 64.3 cm³/mol. The average molecular weight is 239 g/mol. The summed E-state index contributed by atoms with van der Waals surface area (Å²) in [5.74, 6) is -0.255. The van der Waals surface area contributed by atoms with E-state index < -0.39 is 6.10 Å². The number of nitrogens with one attached hydrogen (secondary N) is 1. The number of hydrogen-bond acceptors (Lipinski definition) is 3. The van der Waals surface area contributed by atoms with Gasteiger partial charge in [-0.05, 0) is 24.3 Å². The minimum Gasteiger partial charge on any atom is -0.378 e. The van der Waals surface area contributed by atoms with E-state index in [-0.39, 0.29) is 11.9 Å². The van der Waals surface area contributed by atoms with Crippen LogP contribution in [0.15, 0.2) is 17.5 Å². The number of aliphatic hydroxyl groups excluding tert-OH is 1. The van der Waals surface area contributed by atoms with Gasteiger partial charge in [-0.15, -0.1) is 11.3 Å². The van der Waals surface area contributed by atoms with E-state index in [1.807, 2.05) is 11.4 Å². The van der Waals surface area contributed by atoms with Crippen molar-refractivity contribution in [3.05, 3.63) is 22.4 Å². The van der Waals surface area contributed by atoms with Crippen molar-refractivity contribution >= 4 is 17.2 Å². The van der Waals surface area contributed by atoms with Crippen LogP contribution in [0.5, 0.6) is 0 Å². The molecule has 1 aromatic heterocycles. The Kier molecular flexibility index (Phi) is 3.96. The third-order valence-electron chi connectivity index (χ3n) is 3.01. The average Bonchev–Trinajstić information content (AvgIpc) is 2.83. The molecule has 0 bridgehead atoms. The van der Waals surface area contributed by atoms with Gasteiger partial charge < -0.3 is 10.4 Å². The van der Waals surface area contributed by atoms with Gasteiger partial charge in [-0.3, -0.25) is 4.79 Å². The molecule has 0 saturated heterocycles. The molecular weight excluding hydrogens is 222 g/mol. The number of rotatable bonds is 3. The van der Waals surface area contributed by atoms with E-state index in [4.69, 9.17) is 0 Å². The van der Waals surface area contributed by atoms with Crippen LogP contribution in [-0.4, -0.2) is 17.1 Å². The van der Waals surface area contributed by atoms with Crippen molar-refractivity contribution in [1.82, 2.24) is 5.32 Å². The smallest absolute Gasteiger partial charge is 0.254 e. The topological polar surface area (TPSA) is 49.3 Å². The Morgan fingerprint density at radius 1 is 1.44 bits per heavy atom. The maximum absolute atomic E-state index is 11.8. The number of aliphatic hydroxyl groups is 1. The largest absolute Gasteiger partial charge is 0.378 e. The molecule has 1 heterocycles. The van der Waals surface area contributed by atoms with Gasteiger partial charge in [-0.1, -0.05) is 25.3 Å². The Balaban J connectivity index is 1.87. The number of carbonyl (C=O) groups excluding carboxylic acids is 1. The minimum absolute atomic E-state index is 0.255. The fourth-order valence-corrected chi connectivity index (χ4v) is 2.81. The van der Waals surface area contributed by atoms with Crippen LogP contribution in [0.2, 0.25) is 0 Å². The molecule has 1 aliphatic rings. The van der Waals surface area contributed by atoms with Crippen LogP contribution in [0, 0.1) is 0 Å². The summed E-state index contributed by atoms with van der Waals surface area (Å²) < 4.78 is 0. The highest BCUT2D eigenvalue weighted by molar-refractivity contribution is 7.10. The van der Waals surface area contributed by atoms with Crippen molar-refractivity contribution in [2.75, 3.05) is 0 Å². The fraction of sp³-hybridized carbons (Fsp3) is 0.583. The second-order valence-electron chi connectivity index (χ2n) is 4.26. The normalized spacial score (nSPS) is 19.3. The molecule has 1 saturated carbocycles. The summed E-state index contributed by atoms with van der Waals surface area (Å²) >= 11 is 1.41. The molecule has 1 atom stereocenters. The molecule has 2 rings (SSSR count). The van der Waals surface area contributed by atoms with E-state index in [0.717, 1.165) is 12.8 Å². The summed E-state index contributed by atoms with van der Waals surface area (Å²) in [6.07, 6.45) is 4.72. The Morgan fingerprint density at radius 2 is 2.19 bits per heavy atom. The first kappa shape index (κ1) is 11.6. The third-order valence-corrected chi connectivity index (χ3v) is 3.94. The quantitative estimate of drug-likeness (QED) is 0.849. The molecular formula is C12H17NO2S. The van der Waals surface area contributed by atoms with E-state index >= 15 is 0 Å². The summed E-state index contributed by atoms with van der Waals surface area (Å²) in [5.41, 5.74) is 0. The standard InChI is InChI=1S/C12H17NO2S/c14-11(10-7-4-8-16-10)12(15)13-9-5-2-1-3-6-9/h4,7-9,11,14H,1-3,5-6H2,(H,13,15). The summed E-state index contributed by atoms with van der Waals surface area (Å²) in [4.78, 5) is 12.5. The molecule has 1 unspecified atom stereocenters. The zero-order valence-electron chi connectivity index (χ0n) is 9.19. The SMILES string of the molecule is O=C(NC1CCCCC1)C(O)c1cccs1. The minimum atomic E-state index is -0.998. The lowest BCUT2D eigenvalue weighted by Gasteiger charge is -2.23. The summed E-state index contributed by atoms with van der Waals surface area (Å²) in [6, 6.07) is 3.89. The highest BCUT2D eigenvalue weighted by Gasteiger charge is 2.22. The lowest BCUT2D eigenvalue weighted by molar-refractivity contribution is -0.130. The van der Waals surface area contributed by atoms with E-state index in [9.17, 15) is 9.90 Å². The lowest BCUT2D eigenvalue weighted by atomic mass is 9.95. The second kappa shape index (κ2) is 5.46. The molecule has 4 heteroatoms. The molecule has 3 nitrogen and oxygen atoms in total. The van der Waals surface area contributed by atoms with Gasteiger partial charge in [0.05, 0.1) is 0 Å². The molecule has 88 valence electrons. The van der Waals surface area contributed by atoms with Crippen LogP contribution in [0.3, 0.4) is 0 Å². The number of hydrogen-bond donors (Lipinski definition) is 2. The summed E-state index contributed by atoms with van der Waals surface area (Å²) in [7, 11) is 0. The van der Waals surface area contributed by atoms with Crippen LogP contribution in [0.1, 0.15) is 43.1 Å². The zero-order chi connectivity index (χ0) is 11.4. The Labute approximate surface area is 99.5 Å². The molecule has 0 radical (unpaired) electrons. The third kappa shape index (κ3) is 2.83. The van der Waals surface area contributed by atoms with Gasteiger partial charge in [-0.25, -0.2) is 0 Å². The highest BCUT2D eigenvalue weighted by atomic mass is 32.1. The van der Waals surface area contributed by atoms with Crippen molar-refractivity contribution in [3.63, 3.8) is 0 Å². The molecule has 0 aromatic carbocycles. The van der Waals surface area contributed by atoms with Crippen LogP contribution in [0.4, 0.5) is 0 Å². The number of amides is 1. The fourth-order valence-electron chi connectivity index (χ4n) is 2.10. The molecule has 2 N–H and O–H groups in total. The van der Waals surface area contributed by atoms with Crippen LogP contribution >= 0.6 is 11.3 Å². The summed E-state index contributed by atoms with van der Waals surface area (Å²) in [5, 5.41) is 14.6. The molecule has 0 aliphatic heterocycles. The highest BCUT2D eigenvalue weighted by Crippen LogP contribution is 2.21. The Bertz CT molecular complexity index is 331. The predicted octanol–water partition coefficient (Wildman–Crippen LogP) is 2.23. The van der Waals surface area contributed by atoms with Crippen molar-refractivity contribution in [1.29, 1.82) is 0 Å². The molecule has 0 spiro atoms. The number of thiophene rings is 1. The Hall–Kier alpha value is -0.870. The van der Waals surface area contributed by atoms with Crippen molar-refractivity contribution in [2.24, 2.45) is 0 Å². The first-order valence-electron chi connectivity index (χ1n) is 5.79. The van der Waals surface area contributed by atoms with Gasteiger partial charge in [0.25, 0.3) is 5.91 Å².